The highest BCUT2D eigenvalue weighted by Gasteiger charge is 2.03. The van der Waals surface area contributed by atoms with Gasteiger partial charge in [-0.3, -0.25) is 4.18 Å². The van der Waals surface area contributed by atoms with Crippen molar-refractivity contribution in [2.24, 2.45) is 0 Å². The molecule has 18 heavy (non-hydrogen) atoms. The zero-order chi connectivity index (χ0) is 13.0. The molecule has 0 spiro atoms. The first-order valence-electron chi connectivity index (χ1n) is 5.87. The van der Waals surface area contributed by atoms with Gasteiger partial charge in [-0.2, -0.15) is 8.42 Å². The van der Waals surface area contributed by atoms with Crippen molar-refractivity contribution in [1.82, 2.24) is 0 Å². The second kappa shape index (κ2) is 5.50. The van der Waals surface area contributed by atoms with Crippen LogP contribution in [0.15, 0.2) is 42.5 Å². The molecular formula is C14H16O3S. The van der Waals surface area contributed by atoms with Crippen LogP contribution in [-0.4, -0.2) is 21.3 Å². The van der Waals surface area contributed by atoms with Crippen LogP contribution in [0.25, 0.3) is 10.8 Å². The third-order valence-corrected chi connectivity index (χ3v) is 3.36. The van der Waals surface area contributed by atoms with E-state index in [0.29, 0.717) is 6.42 Å². The van der Waals surface area contributed by atoms with Crippen LogP contribution in [0, 0.1) is 0 Å². The maximum absolute atomic E-state index is 10.8. The first-order valence-corrected chi connectivity index (χ1v) is 7.69. The number of fused-ring (bicyclic) bond motifs is 1. The Hall–Kier alpha value is -1.39. The lowest BCUT2D eigenvalue weighted by atomic mass is 10.0. The van der Waals surface area contributed by atoms with Crippen molar-refractivity contribution in [3.8, 4) is 0 Å². The molecule has 0 unspecified atom stereocenters. The molecule has 0 heterocycles. The van der Waals surface area contributed by atoms with Gasteiger partial charge in [0.05, 0.1) is 12.9 Å². The molecule has 0 aromatic heterocycles. The fourth-order valence-electron chi connectivity index (χ4n) is 1.98. The van der Waals surface area contributed by atoms with E-state index in [1.807, 2.05) is 18.2 Å². The van der Waals surface area contributed by atoms with E-state index < -0.39 is 10.1 Å². The molecule has 0 atom stereocenters. The average molecular weight is 264 g/mol. The van der Waals surface area contributed by atoms with E-state index in [4.69, 9.17) is 4.18 Å². The molecule has 0 aliphatic carbocycles. The molecule has 0 aliphatic rings. The van der Waals surface area contributed by atoms with Crippen molar-refractivity contribution in [2.45, 2.75) is 12.8 Å². The fraction of sp³-hybridized carbons (Fsp3) is 0.286. The molecule has 2 aromatic carbocycles. The van der Waals surface area contributed by atoms with Gasteiger partial charge in [-0.1, -0.05) is 42.5 Å². The Morgan fingerprint density at radius 2 is 1.78 bits per heavy atom. The molecule has 0 amide bonds. The predicted molar refractivity (Wildman–Crippen MR) is 73.1 cm³/mol. The minimum absolute atomic E-state index is 0.238. The SMILES string of the molecule is CS(=O)(=O)OCCCc1cccc2ccccc12. The summed E-state index contributed by atoms with van der Waals surface area (Å²) < 4.78 is 26.4. The summed E-state index contributed by atoms with van der Waals surface area (Å²) in [5, 5.41) is 2.43. The summed E-state index contributed by atoms with van der Waals surface area (Å²) in [5.41, 5.74) is 1.23. The maximum atomic E-state index is 10.8. The third-order valence-electron chi connectivity index (χ3n) is 2.77. The van der Waals surface area contributed by atoms with Crippen molar-refractivity contribution >= 4 is 20.9 Å². The number of hydrogen-bond acceptors (Lipinski definition) is 3. The molecule has 0 radical (unpaired) electrons. The van der Waals surface area contributed by atoms with Gasteiger partial charge in [0.1, 0.15) is 0 Å². The van der Waals surface area contributed by atoms with E-state index in [9.17, 15) is 8.42 Å². The predicted octanol–water partition coefficient (Wildman–Crippen LogP) is 2.75. The topological polar surface area (TPSA) is 43.4 Å². The summed E-state index contributed by atoms with van der Waals surface area (Å²) in [6, 6.07) is 14.4. The van der Waals surface area contributed by atoms with Crippen molar-refractivity contribution in [3.63, 3.8) is 0 Å². The Balaban J connectivity index is 2.04. The molecule has 0 saturated carbocycles. The Bertz CT molecular complexity index is 627. The maximum Gasteiger partial charge on any atom is 0.264 e. The van der Waals surface area contributed by atoms with Crippen LogP contribution < -0.4 is 0 Å². The summed E-state index contributed by atoms with van der Waals surface area (Å²) in [6.07, 6.45) is 2.59. The average Bonchev–Trinajstić information content (AvgIpc) is 2.33. The van der Waals surface area contributed by atoms with Crippen LogP contribution in [-0.2, 0) is 20.7 Å². The van der Waals surface area contributed by atoms with Gasteiger partial charge in [0.25, 0.3) is 10.1 Å². The van der Waals surface area contributed by atoms with E-state index in [2.05, 4.69) is 24.3 Å². The van der Waals surface area contributed by atoms with Crippen LogP contribution in [0.3, 0.4) is 0 Å². The van der Waals surface area contributed by atoms with Crippen molar-refractivity contribution < 1.29 is 12.6 Å². The van der Waals surface area contributed by atoms with Crippen molar-refractivity contribution in [1.29, 1.82) is 0 Å². The lowest BCUT2D eigenvalue weighted by Crippen LogP contribution is -2.05. The standard InChI is InChI=1S/C14H16O3S/c1-18(15,16)17-11-5-9-13-8-4-7-12-6-2-3-10-14(12)13/h2-4,6-8,10H,5,9,11H2,1H3. The Morgan fingerprint density at radius 1 is 1.06 bits per heavy atom. The largest absolute Gasteiger partial charge is 0.270 e. The van der Waals surface area contributed by atoms with Crippen LogP contribution in [0.2, 0.25) is 0 Å². The van der Waals surface area contributed by atoms with E-state index in [1.165, 1.54) is 16.3 Å². The second-order valence-corrected chi connectivity index (χ2v) is 5.91. The molecule has 4 heteroatoms. The Kier molecular flexibility index (Phi) is 3.99. The normalized spacial score (nSPS) is 11.8. The van der Waals surface area contributed by atoms with E-state index >= 15 is 0 Å². The van der Waals surface area contributed by atoms with Crippen molar-refractivity contribution in [2.75, 3.05) is 12.9 Å². The molecule has 0 N–H and O–H groups in total. The van der Waals surface area contributed by atoms with Gasteiger partial charge < -0.3 is 0 Å². The minimum Gasteiger partial charge on any atom is -0.270 e. The van der Waals surface area contributed by atoms with Crippen molar-refractivity contribution in [3.05, 3.63) is 48.0 Å². The molecule has 3 nitrogen and oxygen atoms in total. The lowest BCUT2D eigenvalue weighted by Gasteiger charge is -2.06. The van der Waals surface area contributed by atoms with Crippen LogP contribution in [0.4, 0.5) is 0 Å². The Morgan fingerprint density at radius 3 is 2.56 bits per heavy atom. The first kappa shape index (κ1) is 13.1. The molecule has 2 rings (SSSR count). The zero-order valence-corrected chi connectivity index (χ0v) is 11.1. The number of aryl methyl sites for hydroxylation is 1. The summed E-state index contributed by atoms with van der Waals surface area (Å²) in [5.74, 6) is 0. The Labute approximate surface area is 108 Å². The van der Waals surface area contributed by atoms with Gasteiger partial charge in [0, 0.05) is 0 Å². The summed E-state index contributed by atoms with van der Waals surface area (Å²) >= 11 is 0. The summed E-state index contributed by atoms with van der Waals surface area (Å²) in [4.78, 5) is 0. The molecule has 2 aromatic rings. The molecule has 0 fully saturated rings. The van der Waals surface area contributed by atoms with E-state index in [-0.39, 0.29) is 6.61 Å². The lowest BCUT2D eigenvalue weighted by molar-refractivity contribution is 0.316. The highest BCUT2D eigenvalue weighted by Crippen LogP contribution is 2.19. The van der Waals surface area contributed by atoms with Gasteiger partial charge >= 0.3 is 0 Å². The second-order valence-electron chi connectivity index (χ2n) is 4.27. The van der Waals surface area contributed by atoms with Gasteiger partial charge in [-0.15, -0.1) is 0 Å². The zero-order valence-electron chi connectivity index (χ0n) is 10.3. The fourth-order valence-corrected chi connectivity index (χ4v) is 2.40. The van der Waals surface area contributed by atoms with E-state index in [0.717, 1.165) is 12.7 Å². The van der Waals surface area contributed by atoms with Gasteiger partial charge in [0.2, 0.25) is 0 Å². The highest BCUT2D eigenvalue weighted by atomic mass is 32.2. The van der Waals surface area contributed by atoms with Crippen LogP contribution >= 0.6 is 0 Å². The monoisotopic (exact) mass is 264 g/mol. The minimum atomic E-state index is -3.32. The third kappa shape index (κ3) is 3.55. The van der Waals surface area contributed by atoms with Gasteiger partial charge in [0.15, 0.2) is 0 Å². The summed E-state index contributed by atoms with van der Waals surface area (Å²) in [6.45, 7) is 0.238. The molecule has 0 aliphatic heterocycles. The smallest absolute Gasteiger partial charge is 0.264 e. The molecule has 0 saturated heterocycles. The van der Waals surface area contributed by atoms with Gasteiger partial charge in [-0.25, -0.2) is 0 Å². The van der Waals surface area contributed by atoms with Crippen LogP contribution in [0.1, 0.15) is 12.0 Å². The van der Waals surface area contributed by atoms with E-state index in [1.54, 1.807) is 0 Å². The van der Waals surface area contributed by atoms with Gasteiger partial charge in [-0.05, 0) is 29.2 Å². The van der Waals surface area contributed by atoms with Crippen LogP contribution in [0.5, 0.6) is 0 Å². The highest BCUT2D eigenvalue weighted by molar-refractivity contribution is 7.85. The molecule has 96 valence electrons. The number of hydrogen-bond donors (Lipinski definition) is 0. The number of rotatable bonds is 5. The quantitative estimate of drug-likeness (QED) is 0.616. The first-order chi connectivity index (χ1) is 8.56. The number of benzene rings is 2. The summed E-state index contributed by atoms with van der Waals surface area (Å²) in [7, 11) is -3.32. The molecule has 0 bridgehead atoms. The molecular weight excluding hydrogens is 248 g/mol.